The van der Waals surface area contributed by atoms with E-state index in [0.29, 0.717) is 19.8 Å². The van der Waals surface area contributed by atoms with Gasteiger partial charge in [0.15, 0.2) is 5.79 Å². The summed E-state index contributed by atoms with van der Waals surface area (Å²) in [5.41, 5.74) is 0. The van der Waals surface area contributed by atoms with Gasteiger partial charge in [-0.3, -0.25) is 0 Å². The molecule has 0 aliphatic carbocycles. The standard InChI is InChI=1S/C22H30O3Si/c1-21(2,3)26(19-11-7-5-8-12-19,20-13-9-6-10-14-20)25-16-15-22(4)23-17-18-24-22/h5-14H,15-18H2,1-4H3. The van der Waals surface area contributed by atoms with Crippen LogP contribution >= 0.6 is 0 Å². The summed E-state index contributed by atoms with van der Waals surface area (Å²) in [7, 11) is -2.47. The molecule has 1 saturated heterocycles. The molecule has 2 aromatic carbocycles. The number of ether oxygens (including phenoxy) is 2. The highest BCUT2D eigenvalue weighted by Gasteiger charge is 2.50. The molecule has 3 nitrogen and oxygen atoms in total. The van der Waals surface area contributed by atoms with Crippen LogP contribution in [0.25, 0.3) is 0 Å². The van der Waals surface area contributed by atoms with Gasteiger partial charge in [-0.05, 0) is 22.3 Å². The Kier molecular flexibility index (Phi) is 5.68. The van der Waals surface area contributed by atoms with Gasteiger partial charge in [0, 0.05) is 13.0 Å². The predicted molar refractivity (Wildman–Crippen MR) is 108 cm³/mol. The van der Waals surface area contributed by atoms with Crippen LogP contribution in [-0.2, 0) is 13.9 Å². The smallest absolute Gasteiger partial charge is 0.261 e. The van der Waals surface area contributed by atoms with Crippen LogP contribution in [0.5, 0.6) is 0 Å². The number of hydrogen-bond acceptors (Lipinski definition) is 3. The minimum atomic E-state index is -2.47. The van der Waals surface area contributed by atoms with Crippen molar-refractivity contribution in [3.63, 3.8) is 0 Å². The molecule has 0 N–H and O–H groups in total. The van der Waals surface area contributed by atoms with Crippen molar-refractivity contribution >= 4 is 18.7 Å². The van der Waals surface area contributed by atoms with E-state index in [0.717, 1.165) is 6.42 Å². The van der Waals surface area contributed by atoms with Crippen molar-refractivity contribution in [2.45, 2.75) is 44.9 Å². The Morgan fingerprint density at radius 2 is 1.35 bits per heavy atom. The van der Waals surface area contributed by atoms with E-state index in [4.69, 9.17) is 13.9 Å². The van der Waals surface area contributed by atoms with E-state index in [2.05, 4.69) is 81.4 Å². The lowest BCUT2D eigenvalue weighted by Gasteiger charge is -2.43. The minimum absolute atomic E-state index is 0.00595. The molecule has 0 radical (unpaired) electrons. The highest BCUT2D eigenvalue weighted by atomic mass is 28.4. The Bertz CT molecular complexity index is 649. The maximum Gasteiger partial charge on any atom is 0.261 e. The fourth-order valence-corrected chi connectivity index (χ4v) is 8.42. The highest BCUT2D eigenvalue weighted by molar-refractivity contribution is 6.99. The van der Waals surface area contributed by atoms with E-state index >= 15 is 0 Å². The van der Waals surface area contributed by atoms with Crippen LogP contribution in [0.1, 0.15) is 34.1 Å². The molecule has 0 saturated carbocycles. The third kappa shape index (κ3) is 3.79. The Hall–Kier alpha value is -1.46. The highest BCUT2D eigenvalue weighted by Crippen LogP contribution is 2.37. The molecule has 26 heavy (non-hydrogen) atoms. The summed E-state index contributed by atoms with van der Waals surface area (Å²) in [5.74, 6) is -0.522. The third-order valence-electron chi connectivity index (χ3n) is 5.19. The summed E-state index contributed by atoms with van der Waals surface area (Å²) in [4.78, 5) is 0. The fourth-order valence-electron chi connectivity index (χ4n) is 3.85. The minimum Gasteiger partial charge on any atom is -0.407 e. The molecular formula is C22H30O3Si. The SMILES string of the molecule is CC1(CCO[Si](c2ccccc2)(c2ccccc2)C(C)(C)C)OCCO1. The van der Waals surface area contributed by atoms with E-state index in [1.54, 1.807) is 0 Å². The second-order valence-corrected chi connectivity index (χ2v) is 12.4. The van der Waals surface area contributed by atoms with Gasteiger partial charge in [0.2, 0.25) is 0 Å². The monoisotopic (exact) mass is 370 g/mol. The van der Waals surface area contributed by atoms with Gasteiger partial charge >= 0.3 is 0 Å². The van der Waals surface area contributed by atoms with Gasteiger partial charge in [-0.2, -0.15) is 0 Å². The zero-order valence-corrected chi connectivity index (χ0v) is 17.3. The average Bonchev–Trinajstić information content (AvgIpc) is 3.06. The molecular weight excluding hydrogens is 340 g/mol. The van der Waals surface area contributed by atoms with E-state index in [1.165, 1.54) is 10.4 Å². The van der Waals surface area contributed by atoms with E-state index in [9.17, 15) is 0 Å². The molecule has 0 bridgehead atoms. The molecule has 1 heterocycles. The summed E-state index contributed by atoms with van der Waals surface area (Å²) in [6.07, 6.45) is 0.734. The first-order valence-electron chi connectivity index (χ1n) is 9.40. The molecule has 3 rings (SSSR count). The molecule has 0 aromatic heterocycles. The van der Waals surface area contributed by atoms with Crippen molar-refractivity contribution in [3.8, 4) is 0 Å². The van der Waals surface area contributed by atoms with Gasteiger partial charge in [-0.1, -0.05) is 81.4 Å². The molecule has 0 amide bonds. The molecule has 1 aliphatic heterocycles. The Morgan fingerprint density at radius 3 is 1.77 bits per heavy atom. The lowest BCUT2D eigenvalue weighted by molar-refractivity contribution is -0.151. The predicted octanol–water partition coefficient (Wildman–Crippen LogP) is 3.72. The topological polar surface area (TPSA) is 27.7 Å². The summed E-state index contributed by atoms with van der Waals surface area (Å²) >= 11 is 0. The third-order valence-corrected chi connectivity index (χ3v) is 10.2. The van der Waals surface area contributed by atoms with Gasteiger partial charge in [0.25, 0.3) is 8.32 Å². The maximum atomic E-state index is 6.87. The summed E-state index contributed by atoms with van der Waals surface area (Å²) < 4.78 is 18.4. The van der Waals surface area contributed by atoms with Crippen LogP contribution < -0.4 is 10.4 Å². The van der Waals surface area contributed by atoms with Gasteiger partial charge in [0.1, 0.15) is 0 Å². The van der Waals surface area contributed by atoms with Gasteiger partial charge in [-0.15, -0.1) is 0 Å². The van der Waals surface area contributed by atoms with Gasteiger partial charge in [-0.25, -0.2) is 0 Å². The van der Waals surface area contributed by atoms with Crippen molar-refractivity contribution in [1.82, 2.24) is 0 Å². The van der Waals surface area contributed by atoms with Crippen molar-refractivity contribution in [3.05, 3.63) is 60.7 Å². The Morgan fingerprint density at radius 1 is 0.885 bits per heavy atom. The van der Waals surface area contributed by atoms with E-state index < -0.39 is 14.1 Å². The quantitative estimate of drug-likeness (QED) is 0.726. The van der Waals surface area contributed by atoms with Crippen LogP contribution in [0.4, 0.5) is 0 Å². The molecule has 1 fully saturated rings. The van der Waals surface area contributed by atoms with Crippen molar-refractivity contribution in [2.75, 3.05) is 19.8 Å². The van der Waals surface area contributed by atoms with Crippen molar-refractivity contribution in [1.29, 1.82) is 0 Å². The van der Waals surface area contributed by atoms with Crippen LogP contribution in [0.2, 0.25) is 5.04 Å². The molecule has 4 heteroatoms. The van der Waals surface area contributed by atoms with Crippen LogP contribution in [0.15, 0.2) is 60.7 Å². The summed E-state index contributed by atoms with van der Waals surface area (Å²) in [6.45, 7) is 10.8. The second kappa shape index (κ2) is 7.65. The number of hydrogen-bond donors (Lipinski definition) is 0. The molecule has 0 atom stereocenters. The number of rotatable bonds is 6. The van der Waals surface area contributed by atoms with Gasteiger partial charge < -0.3 is 13.9 Å². The van der Waals surface area contributed by atoms with Crippen LogP contribution in [0.3, 0.4) is 0 Å². The molecule has 140 valence electrons. The normalized spacial score (nSPS) is 17.4. The zero-order chi connectivity index (χ0) is 18.7. The first-order chi connectivity index (χ1) is 12.4. The van der Waals surface area contributed by atoms with E-state index in [1.807, 2.05) is 6.92 Å². The van der Waals surface area contributed by atoms with Crippen molar-refractivity contribution < 1.29 is 13.9 Å². The summed E-state index contributed by atoms with van der Waals surface area (Å²) in [5, 5.41) is 2.60. The number of benzene rings is 2. The largest absolute Gasteiger partial charge is 0.407 e. The lowest BCUT2D eigenvalue weighted by Crippen LogP contribution is -2.66. The van der Waals surface area contributed by atoms with Crippen LogP contribution in [0, 0.1) is 0 Å². The molecule has 1 aliphatic rings. The second-order valence-electron chi connectivity index (χ2n) is 8.09. The Balaban J connectivity index is 1.97. The average molecular weight is 371 g/mol. The fraction of sp³-hybridized carbons (Fsp3) is 0.455. The zero-order valence-electron chi connectivity index (χ0n) is 16.3. The van der Waals surface area contributed by atoms with Gasteiger partial charge in [0.05, 0.1) is 13.2 Å². The first kappa shape index (κ1) is 19.3. The van der Waals surface area contributed by atoms with E-state index in [-0.39, 0.29) is 5.04 Å². The Labute approximate surface area is 158 Å². The van der Waals surface area contributed by atoms with Crippen LogP contribution in [-0.4, -0.2) is 33.9 Å². The molecule has 0 spiro atoms. The lowest BCUT2D eigenvalue weighted by atomic mass is 10.2. The molecule has 2 aromatic rings. The first-order valence-corrected chi connectivity index (χ1v) is 11.3. The summed E-state index contributed by atoms with van der Waals surface area (Å²) in [6, 6.07) is 21.4. The maximum absolute atomic E-state index is 6.87. The molecule has 0 unspecified atom stereocenters. The van der Waals surface area contributed by atoms with Crippen molar-refractivity contribution in [2.24, 2.45) is 0 Å².